The van der Waals surface area contributed by atoms with Crippen molar-refractivity contribution in [3.8, 4) is 0 Å². The van der Waals surface area contributed by atoms with Crippen LogP contribution in [0.5, 0.6) is 0 Å². The molecule has 0 aliphatic heterocycles. The number of halogens is 2. The zero-order valence-electron chi connectivity index (χ0n) is 10.1. The summed E-state index contributed by atoms with van der Waals surface area (Å²) >= 11 is 0. The number of non-ortho nitro benzene ring substituents is 1. The number of nitrogens with zero attached hydrogens (tertiary/aromatic N) is 1. The highest BCUT2D eigenvalue weighted by atomic mass is 19.3. The Morgan fingerprint density at radius 3 is 2.58 bits per heavy atom. The fraction of sp³-hybridized carbons (Fsp3) is 0.500. The number of hydrogen-bond acceptors (Lipinski definition) is 4. The van der Waals surface area contributed by atoms with Crippen LogP contribution in [0.3, 0.4) is 0 Å². The van der Waals surface area contributed by atoms with Crippen LogP contribution < -0.4 is 5.32 Å². The van der Waals surface area contributed by atoms with Gasteiger partial charge < -0.3 is 10.4 Å². The Balaban J connectivity index is 2.31. The maximum atomic E-state index is 12.9. The molecule has 104 valence electrons. The van der Waals surface area contributed by atoms with Crippen LogP contribution in [0.1, 0.15) is 31.3 Å². The standard InChI is InChI=1S/C12H14F2N2O3/c13-11(14)9-6-8(16(18)19)2-3-10(9)15-12(7-17)4-1-5-12/h2-3,6,11,15,17H,1,4-5,7H2. The number of rotatable bonds is 5. The van der Waals surface area contributed by atoms with E-state index in [0.717, 1.165) is 12.5 Å². The second-order valence-corrected chi connectivity index (χ2v) is 4.75. The number of anilines is 1. The first-order valence-corrected chi connectivity index (χ1v) is 5.93. The fourth-order valence-corrected chi connectivity index (χ4v) is 2.17. The van der Waals surface area contributed by atoms with Crippen LogP contribution in [0.4, 0.5) is 20.2 Å². The molecule has 0 amide bonds. The fourth-order valence-electron chi connectivity index (χ4n) is 2.17. The molecule has 1 aromatic carbocycles. The van der Waals surface area contributed by atoms with Gasteiger partial charge >= 0.3 is 0 Å². The van der Waals surface area contributed by atoms with Gasteiger partial charge in [0.2, 0.25) is 0 Å². The monoisotopic (exact) mass is 272 g/mol. The van der Waals surface area contributed by atoms with Crippen molar-refractivity contribution < 1.29 is 18.8 Å². The van der Waals surface area contributed by atoms with Crippen LogP contribution in [-0.4, -0.2) is 22.2 Å². The van der Waals surface area contributed by atoms with Gasteiger partial charge in [-0.15, -0.1) is 0 Å². The van der Waals surface area contributed by atoms with E-state index < -0.39 is 22.5 Å². The smallest absolute Gasteiger partial charge is 0.270 e. The molecule has 2 rings (SSSR count). The molecule has 0 aromatic heterocycles. The van der Waals surface area contributed by atoms with Crippen LogP contribution in [0, 0.1) is 10.1 Å². The summed E-state index contributed by atoms with van der Waals surface area (Å²) in [4.78, 5) is 9.89. The molecule has 2 N–H and O–H groups in total. The number of alkyl halides is 2. The molecule has 1 aliphatic carbocycles. The van der Waals surface area contributed by atoms with E-state index in [9.17, 15) is 24.0 Å². The minimum absolute atomic E-state index is 0.146. The SMILES string of the molecule is O=[N+]([O-])c1ccc(NC2(CO)CCC2)c(C(F)F)c1. The van der Waals surface area contributed by atoms with E-state index >= 15 is 0 Å². The molecule has 1 fully saturated rings. The molecule has 7 heteroatoms. The van der Waals surface area contributed by atoms with Crippen molar-refractivity contribution in [2.45, 2.75) is 31.2 Å². The maximum Gasteiger partial charge on any atom is 0.270 e. The summed E-state index contributed by atoms with van der Waals surface area (Å²) in [7, 11) is 0. The molecule has 1 aliphatic rings. The van der Waals surface area contributed by atoms with E-state index in [4.69, 9.17) is 0 Å². The molecule has 1 saturated carbocycles. The third-order valence-corrected chi connectivity index (χ3v) is 3.49. The predicted molar refractivity (Wildman–Crippen MR) is 65.3 cm³/mol. The minimum atomic E-state index is -2.81. The lowest BCUT2D eigenvalue weighted by Gasteiger charge is -2.42. The van der Waals surface area contributed by atoms with E-state index in [1.165, 1.54) is 12.1 Å². The van der Waals surface area contributed by atoms with Gasteiger partial charge in [0.25, 0.3) is 12.1 Å². The van der Waals surface area contributed by atoms with E-state index in [1.54, 1.807) is 0 Å². The Labute approximate surface area is 108 Å². The van der Waals surface area contributed by atoms with Crippen molar-refractivity contribution >= 4 is 11.4 Å². The van der Waals surface area contributed by atoms with Gasteiger partial charge in [-0.2, -0.15) is 0 Å². The summed E-state index contributed by atoms with van der Waals surface area (Å²) in [6, 6.07) is 3.32. The van der Waals surface area contributed by atoms with E-state index in [-0.39, 0.29) is 18.0 Å². The average molecular weight is 272 g/mol. The zero-order valence-corrected chi connectivity index (χ0v) is 10.1. The third kappa shape index (κ3) is 2.65. The van der Waals surface area contributed by atoms with Gasteiger partial charge in [-0.05, 0) is 25.3 Å². The number of hydrogen-bond donors (Lipinski definition) is 2. The number of benzene rings is 1. The van der Waals surface area contributed by atoms with E-state index in [1.807, 2.05) is 0 Å². The predicted octanol–water partition coefficient (Wildman–Crippen LogP) is 2.86. The Morgan fingerprint density at radius 2 is 2.16 bits per heavy atom. The van der Waals surface area contributed by atoms with Gasteiger partial charge in [0.15, 0.2) is 0 Å². The summed E-state index contributed by atoms with van der Waals surface area (Å²) in [5, 5.41) is 22.8. The molecule has 0 atom stereocenters. The normalized spacial score (nSPS) is 17.1. The first kappa shape index (κ1) is 13.7. The first-order chi connectivity index (χ1) is 8.97. The molecule has 0 radical (unpaired) electrons. The molecule has 0 spiro atoms. The number of aliphatic hydroxyl groups excluding tert-OH is 1. The summed E-state index contributed by atoms with van der Waals surface area (Å²) < 4.78 is 25.9. The molecular formula is C12H14F2N2O3. The molecule has 1 aromatic rings. The maximum absolute atomic E-state index is 12.9. The topological polar surface area (TPSA) is 75.4 Å². The van der Waals surface area contributed by atoms with Gasteiger partial charge in [-0.25, -0.2) is 8.78 Å². The summed E-state index contributed by atoms with van der Waals surface area (Å²) in [6.07, 6.45) is -0.491. The Kier molecular flexibility index (Phi) is 3.66. The number of nitro groups is 1. The van der Waals surface area contributed by atoms with Gasteiger partial charge in [0, 0.05) is 23.4 Å². The lowest BCUT2D eigenvalue weighted by atomic mass is 9.77. The Morgan fingerprint density at radius 1 is 1.47 bits per heavy atom. The van der Waals surface area contributed by atoms with Gasteiger partial charge in [0.05, 0.1) is 17.1 Å². The van der Waals surface area contributed by atoms with Crippen LogP contribution in [-0.2, 0) is 0 Å². The second-order valence-electron chi connectivity index (χ2n) is 4.75. The van der Waals surface area contributed by atoms with Crippen molar-refractivity contribution in [2.24, 2.45) is 0 Å². The zero-order chi connectivity index (χ0) is 14.0. The third-order valence-electron chi connectivity index (χ3n) is 3.49. The van der Waals surface area contributed by atoms with Gasteiger partial charge in [-0.3, -0.25) is 10.1 Å². The molecule has 0 unspecified atom stereocenters. The molecule has 19 heavy (non-hydrogen) atoms. The van der Waals surface area contributed by atoms with Crippen molar-refractivity contribution in [1.82, 2.24) is 0 Å². The highest BCUT2D eigenvalue weighted by molar-refractivity contribution is 5.58. The van der Waals surface area contributed by atoms with Crippen LogP contribution in [0.25, 0.3) is 0 Å². The number of aliphatic hydroxyl groups is 1. The van der Waals surface area contributed by atoms with Crippen LogP contribution in [0.2, 0.25) is 0 Å². The molecule has 5 nitrogen and oxygen atoms in total. The number of nitrogens with one attached hydrogen (secondary N) is 1. The highest BCUT2D eigenvalue weighted by Crippen LogP contribution is 2.38. The van der Waals surface area contributed by atoms with Crippen LogP contribution in [0.15, 0.2) is 18.2 Å². The van der Waals surface area contributed by atoms with Gasteiger partial charge in [0.1, 0.15) is 0 Å². The second kappa shape index (κ2) is 5.08. The molecule has 0 bridgehead atoms. The average Bonchev–Trinajstić information content (AvgIpc) is 2.33. The van der Waals surface area contributed by atoms with E-state index in [0.29, 0.717) is 12.8 Å². The van der Waals surface area contributed by atoms with Crippen molar-refractivity contribution in [2.75, 3.05) is 11.9 Å². The quantitative estimate of drug-likeness (QED) is 0.638. The molecule has 0 heterocycles. The molecule has 0 saturated heterocycles. The summed E-state index contributed by atoms with van der Waals surface area (Å²) in [5.41, 5.74) is -1.20. The number of nitro benzene ring substituents is 1. The van der Waals surface area contributed by atoms with Crippen molar-refractivity contribution in [3.63, 3.8) is 0 Å². The first-order valence-electron chi connectivity index (χ1n) is 5.93. The Bertz CT molecular complexity index is 484. The van der Waals surface area contributed by atoms with Gasteiger partial charge in [-0.1, -0.05) is 0 Å². The van der Waals surface area contributed by atoms with E-state index in [2.05, 4.69) is 5.32 Å². The van der Waals surface area contributed by atoms with Crippen LogP contribution >= 0.6 is 0 Å². The van der Waals surface area contributed by atoms with Crippen molar-refractivity contribution in [3.05, 3.63) is 33.9 Å². The summed E-state index contributed by atoms with van der Waals surface area (Å²) in [5.74, 6) is 0. The minimum Gasteiger partial charge on any atom is -0.394 e. The lowest BCUT2D eigenvalue weighted by molar-refractivity contribution is -0.385. The Hall–Kier alpha value is -1.76. The lowest BCUT2D eigenvalue weighted by Crippen LogP contribution is -2.48. The summed E-state index contributed by atoms with van der Waals surface area (Å²) in [6.45, 7) is -0.146. The highest BCUT2D eigenvalue weighted by Gasteiger charge is 2.37. The molecular weight excluding hydrogens is 258 g/mol. The largest absolute Gasteiger partial charge is 0.394 e. The van der Waals surface area contributed by atoms with Crippen molar-refractivity contribution in [1.29, 1.82) is 0 Å².